The average molecular weight is 316 g/mol. The van der Waals surface area contributed by atoms with Gasteiger partial charge < -0.3 is 5.73 Å². The molecule has 0 saturated heterocycles. The van der Waals surface area contributed by atoms with Crippen LogP contribution in [0.2, 0.25) is 5.02 Å². The summed E-state index contributed by atoms with van der Waals surface area (Å²) < 4.78 is 13.5. The van der Waals surface area contributed by atoms with Crippen molar-refractivity contribution in [3.05, 3.63) is 56.9 Å². The molecule has 2 nitrogen and oxygen atoms in total. The summed E-state index contributed by atoms with van der Waals surface area (Å²) in [4.78, 5) is 3.97. The fourth-order valence-corrected chi connectivity index (χ4v) is 2.11. The van der Waals surface area contributed by atoms with Crippen molar-refractivity contribution in [3.8, 4) is 0 Å². The number of anilines is 1. The van der Waals surface area contributed by atoms with E-state index >= 15 is 0 Å². The molecule has 0 radical (unpaired) electrons. The molecule has 0 spiro atoms. The smallest absolute Gasteiger partial charge is 0.137 e. The predicted molar refractivity (Wildman–Crippen MR) is 70.6 cm³/mol. The molecule has 0 aliphatic heterocycles. The monoisotopic (exact) mass is 314 g/mol. The van der Waals surface area contributed by atoms with Crippen LogP contribution >= 0.6 is 27.5 Å². The van der Waals surface area contributed by atoms with Crippen LogP contribution in [0, 0.1) is 5.82 Å². The van der Waals surface area contributed by atoms with E-state index in [-0.39, 0.29) is 5.82 Å². The van der Waals surface area contributed by atoms with Crippen LogP contribution < -0.4 is 5.73 Å². The van der Waals surface area contributed by atoms with Crippen molar-refractivity contribution in [1.29, 1.82) is 0 Å². The maximum Gasteiger partial charge on any atom is 0.137 e. The number of pyridine rings is 1. The van der Waals surface area contributed by atoms with Crippen LogP contribution in [0.5, 0.6) is 0 Å². The van der Waals surface area contributed by atoms with Gasteiger partial charge in [-0.1, -0.05) is 17.7 Å². The number of halogens is 3. The molecule has 0 aliphatic rings. The highest BCUT2D eigenvalue weighted by Gasteiger charge is 2.05. The minimum atomic E-state index is -0.286. The van der Waals surface area contributed by atoms with Crippen molar-refractivity contribution >= 4 is 33.3 Å². The SMILES string of the molecule is Nc1ncc(Cl)cc1Cc1ccc(F)c(Br)c1. The molecule has 5 heteroatoms. The number of aromatic nitrogens is 1. The lowest BCUT2D eigenvalue weighted by molar-refractivity contribution is 0.620. The summed E-state index contributed by atoms with van der Waals surface area (Å²) in [6.45, 7) is 0. The molecule has 0 amide bonds. The van der Waals surface area contributed by atoms with Crippen LogP contribution in [0.1, 0.15) is 11.1 Å². The van der Waals surface area contributed by atoms with Gasteiger partial charge in [0.1, 0.15) is 11.6 Å². The van der Waals surface area contributed by atoms with Crippen LogP contribution in [-0.2, 0) is 6.42 Å². The first-order valence-corrected chi connectivity index (χ1v) is 6.07. The quantitative estimate of drug-likeness (QED) is 0.915. The van der Waals surface area contributed by atoms with Gasteiger partial charge in [0, 0.05) is 18.2 Å². The van der Waals surface area contributed by atoms with Gasteiger partial charge in [0.05, 0.1) is 9.50 Å². The third-order valence-electron chi connectivity index (χ3n) is 2.35. The van der Waals surface area contributed by atoms with E-state index in [9.17, 15) is 4.39 Å². The summed E-state index contributed by atoms with van der Waals surface area (Å²) >= 11 is 9.00. The van der Waals surface area contributed by atoms with Crippen molar-refractivity contribution < 1.29 is 4.39 Å². The molecule has 1 aromatic heterocycles. The Labute approximate surface area is 112 Å². The maximum atomic E-state index is 13.1. The molecule has 0 bridgehead atoms. The van der Waals surface area contributed by atoms with Gasteiger partial charge in [-0.15, -0.1) is 0 Å². The molecule has 1 heterocycles. The number of hydrogen-bond donors (Lipinski definition) is 1. The zero-order valence-corrected chi connectivity index (χ0v) is 11.1. The van der Waals surface area contributed by atoms with E-state index in [4.69, 9.17) is 17.3 Å². The minimum absolute atomic E-state index is 0.286. The van der Waals surface area contributed by atoms with E-state index in [0.29, 0.717) is 21.7 Å². The Bertz CT molecular complexity index is 560. The molecule has 0 fully saturated rings. The molecule has 2 aromatic rings. The van der Waals surface area contributed by atoms with Gasteiger partial charge in [-0.25, -0.2) is 9.37 Å². The second-order valence-electron chi connectivity index (χ2n) is 3.62. The lowest BCUT2D eigenvalue weighted by Gasteiger charge is -2.06. The lowest BCUT2D eigenvalue weighted by atomic mass is 10.1. The van der Waals surface area contributed by atoms with E-state index < -0.39 is 0 Å². The Kier molecular flexibility index (Phi) is 3.64. The van der Waals surface area contributed by atoms with Gasteiger partial charge in [0.2, 0.25) is 0 Å². The number of nitrogens with two attached hydrogens (primary N) is 1. The lowest BCUT2D eigenvalue weighted by Crippen LogP contribution is -1.98. The van der Waals surface area contributed by atoms with E-state index in [1.807, 2.05) is 0 Å². The van der Waals surface area contributed by atoms with Gasteiger partial charge in [-0.05, 0) is 39.7 Å². The fourth-order valence-electron chi connectivity index (χ4n) is 1.50. The van der Waals surface area contributed by atoms with Crippen LogP contribution in [0.3, 0.4) is 0 Å². The highest BCUT2D eigenvalue weighted by molar-refractivity contribution is 9.10. The first-order chi connectivity index (χ1) is 8.06. The molecule has 2 N–H and O–H groups in total. The Morgan fingerprint density at radius 3 is 2.82 bits per heavy atom. The first-order valence-electron chi connectivity index (χ1n) is 4.90. The minimum Gasteiger partial charge on any atom is -0.383 e. The van der Waals surface area contributed by atoms with Crippen molar-refractivity contribution in [3.63, 3.8) is 0 Å². The summed E-state index contributed by atoms with van der Waals surface area (Å²) in [5.41, 5.74) is 7.52. The molecule has 0 aliphatic carbocycles. The van der Waals surface area contributed by atoms with Gasteiger partial charge in [-0.3, -0.25) is 0 Å². The summed E-state index contributed by atoms with van der Waals surface area (Å²) in [6.07, 6.45) is 2.07. The largest absolute Gasteiger partial charge is 0.383 e. The number of benzene rings is 1. The Morgan fingerprint density at radius 1 is 1.35 bits per heavy atom. The van der Waals surface area contributed by atoms with Crippen LogP contribution in [0.15, 0.2) is 34.9 Å². The van der Waals surface area contributed by atoms with Gasteiger partial charge >= 0.3 is 0 Å². The van der Waals surface area contributed by atoms with Gasteiger partial charge in [-0.2, -0.15) is 0 Å². The van der Waals surface area contributed by atoms with Crippen LogP contribution in [0.25, 0.3) is 0 Å². The summed E-state index contributed by atoms with van der Waals surface area (Å²) in [7, 11) is 0. The van der Waals surface area contributed by atoms with Gasteiger partial charge in [0.25, 0.3) is 0 Å². The zero-order valence-electron chi connectivity index (χ0n) is 8.75. The first kappa shape index (κ1) is 12.3. The molecule has 2 rings (SSSR count). The van der Waals surface area contributed by atoms with E-state index in [2.05, 4.69) is 20.9 Å². The molecule has 0 saturated carbocycles. The highest BCUT2D eigenvalue weighted by atomic mass is 79.9. The van der Waals surface area contributed by atoms with Crippen molar-refractivity contribution in [2.45, 2.75) is 6.42 Å². The molecule has 88 valence electrons. The van der Waals surface area contributed by atoms with Crippen molar-refractivity contribution in [2.75, 3.05) is 5.73 Å². The summed E-state index contributed by atoms with van der Waals surface area (Å²) in [5, 5.41) is 0.537. The van der Waals surface area contributed by atoms with Crippen LogP contribution in [-0.4, -0.2) is 4.98 Å². The normalized spacial score (nSPS) is 10.5. The Balaban J connectivity index is 2.31. The number of rotatable bonds is 2. The second kappa shape index (κ2) is 5.02. The predicted octanol–water partition coefficient (Wildman–Crippen LogP) is 3.81. The van der Waals surface area contributed by atoms with E-state index in [0.717, 1.165) is 11.1 Å². The van der Waals surface area contributed by atoms with Gasteiger partial charge in [0.15, 0.2) is 0 Å². The molecule has 17 heavy (non-hydrogen) atoms. The summed E-state index contributed by atoms with van der Waals surface area (Å²) in [6, 6.07) is 6.60. The highest BCUT2D eigenvalue weighted by Crippen LogP contribution is 2.22. The zero-order chi connectivity index (χ0) is 12.4. The standard InChI is InChI=1S/C12H9BrClFN2/c13-10-4-7(1-2-11(10)15)3-8-5-9(14)6-17-12(8)16/h1-2,4-6H,3H2,(H2,16,17). The third-order valence-corrected chi connectivity index (χ3v) is 3.16. The average Bonchev–Trinajstić information content (AvgIpc) is 2.29. The molecule has 1 aromatic carbocycles. The topological polar surface area (TPSA) is 38.9 Å². The molecular weight excluding hydrogens is 307 g/mol. The van der Waals surface area contributed by atoms with E-state index in [1.54, 1.807) is 18.2 Å². The molecular formula is C12H9BrClFN2. The number of nitrogen functional groups attached to an aromatic ring is 1. The number of hydrogen-bond acceptors (Lipinski definition) is 2. The van der Waals surface area contributed by atoms with Crippen molar-refractivity contribution in [1.82, 2.24) is 4.98 Å². The second-order valence-corrected chi connectivity index (χ2v) is 4.91. The van der Waals surface area contributed by atoms with Crippen LogP contribution in [0.4, 0.5) is 10.2 Å². The fraction of sp³-hybridized carbons (Fsp3) is 0.0833. The van der Waals surface area contributed by atoms with E-state index in [1.165, 1.54) is 12.3 Å². The molecule has 0 atom stereocenters. The maximum absolute atomic E-state index is 13.1. The summed E-state index contributed by atoms with van der Waals surface area (Å²) in [5.74, 6) is 0.154. The number of nitrogens with zero attached hydrogens (tertiary/aromatic N) is 1. The van der Waals surface area contributed by atoms with Crippen molar-refractivity contribution in [2.24, 2.45) is 0 Å². The Morgan fingerprint density at radius 2 is 2.12 bits per heavy atom. The molecule has 0 unspecified atom stereocenters. The third kappa shape index (κ3) is 2.96. The Hall–Kier alpha value is -1.13.